The first-order valence-electron chi connectivity index (χ1n) is 8.29. The van der Waals surface area contributed by atoms with Gasteiger partial charge in [-0.1, -0.05) is 24.3 Å². The maximum atomic E-state index is 12.7. The van der Waals surface area contributed by atoms with Crippen LogP contribution in [0.4, 0.5) is 18.9 Å². The Morgan fingerprint density at radius 1 is 1.15 bits per heavy atom. The fourth-order valence-electron chi connectivity index (χ4n) is 2.76. The molecule has 142 valence electrons. The number of carbonyl (C=O) groups is 2. The third kappa shape index (κ3) is 4.58. The molecular weight excluding hydrogens is 361 g/mol. The van der Waals surface area contributed by atoms with E-state index in [2.05, 4.69) is 5.32 Å². The Bertz CT molecular complexity index is 852. The topological polar surface area (TPSA) is 58.6 Å². The van der Waals surface area contributed by atoms with Gasteiger partial charge in [0.05, 0.1) is 11.3 Å². The van der Waals surface area contributed by atoms with E-state index < -0.39 is 11.7 Å². The number of hydrogen-bond donors (Lipinski definition) is 1. The van der Waals surface area contributed by atoms with Crippen LogP contribution in [0.15, 0.2) is 48.5 Å². The van der Waals surface area contributed by atoms with Gasteiger partial charge in [0.1, 0.15) is 5.75 Å². The molecule has 0 spiro atoms. The number of nitrogens with one attached hydrogen (secondary N) is 1. The van der Waals surface area contributed by atoms with Crippen LogP contribution >= 0.6 is 0 Å². The van der Waals surface area contributed by atoms with Crippen molar-refractivity contribution in [3.05, 3.63) is 59.7 Å². The van der Waals surface area contributed by atoms with Gasteiger partial charge in [-0.3, -0.25) is 9.59 Å². The zero-order valence-electron chi connectivity index (χ0n) is 14.3. The smallest absolute Gasteiger partial charge is 0.416 e. The number of rotatable bonds is 5. The van der Waals surface area contributed by atoms with Gasteiger partial charge in [0.25, 0.3) is 5.91 Å². The Labute approximate surface area is 153 Å². The van der Waals surface area contributed by atoms with Gasteiger partial charge in [-0.15, -0.1) is 0 Å². The quantitative estimate of drug-likeness (QED) is 0.870. The molecule has 8 heteroatoms. The molecule has 5 nitrogen and oxygen atoms in total. The first-order chi connectivity index (χ1) is 12.8. The summed E-state index contributed by atoms with van der Waals surface area (Å²) in [5, 5.41) is 2.58. The lowest BCUT2D eigenvalue weighted by Crippen LogP contribution is -2.41. The minimum Gasteiger partial charge on any atom is -0.482 e. The van der Waals surface area contributed by atoms with Gasteiger partial charge >= 0.3 is 6.18 Å². The number of para-hydroxylation sites is 2. The molecule has 1 aliphatic heterocycles. The summed E-state index contributed by atoms with van der Waals surface area (Å²) >= 11 is 0. The van der Waals surface area contributed by atoms with Crippen LogP contribution in [0.25, 0.3) is 0 Å². The highest BCUT2D eigenvalue weighted by Gasteiger charge is 2.30. The molecular formula is C19H17F3N2O3. The van der Waals surface area contributed by atoms with Gasteiger partial charge in [-0.25, -0.2) is 0 Å². The summed E-state index contributed by atoms with van der Waals surface area (Å²) < 4.78 is 43.5. The second-order valence-electron chi connectivity index (χ2n) is 6.03. The van der Waals surface area contributed by atoms with Crippen molar-refractivity contribution in [1.29, 1.82) is 0 Å². The molecule has 27 heavy (non-hydrogen) atoms. The van der Waals surface area contributed by atoms with E-state index in [0.29, 0.717) is 17.0 Å². The van der Waals surface area contributed by atoms with Crippen molar-refractivity contribution in [2.75, 3.05) is 18.1 Å². The third-order valence-electron chi connectivity index (χ3n) is 4.11. The lowest BCUT2D eigenvalue weighted by Gasteiger charge is -2.29. The zero-order chi connectivity index (χ0) is 19.4. The molecule has 1 heterocycles. The maximum absolute atomic E-state index is 12.7. The minimum absolute atomic E-state index is 0.0175. The van der Waals surface area contributed by atoms with Crippen LogP contribution in [0.1, 0.15) is 17.5 Å². The lowest BCUT2D eigenvalue weighted by molar-refractivity contribution is -0.137. The Morgan fingerprint density at radius 3 is 2.70 bits per heavy atom. The van der Waals surface area contributed by atoms with E-state index in [1.54, 1.807) is 24.3 Å². The van der Waals surface area contributed by atoms with Gasteiger partial charge in [0.2, 0.25) is 5.91 Å². The molecule has 2 aromatic rings. The number of amides is 2. The van der Waals surface area contributed by atoms with Crippen LogP contribution in [0.3, 0.4) is 0 Å². The third-order valence-corrected chi connectivity index (χ3v) is 4.11. The van der Waals surface area contributed by atoms with E-state index in [9.17, 15) is 22.8 Å². The summed E-state index contributed by atoms with van der Waals surface area (Å²) in [5.74, 6) is -0.0370. The van der Waals surface area contributed by atoms with Crippen LogP contribution in [0.5, 0.6) is 5.75 Å². The van der Waals surface area contributed by atoms with E-state index in [-0.39, 0.29) is 37.9 Å². The number of alkyl halides is 3. The fourth-order valence-corrected chi connectivity index (χ4v) is 2.76. The first kappa shape index (κ1) is 18.8. The van der Waals surface area contributed by atoms with Crippen molar-refractivity contribution in [3.8, 4) is 5.75 Å². The molecule has 0 saturated carbocycles. The average Bonchev–Trinajstić information content (AvgIpc) is 2.65. The van der Waals surface area contributed by atoms with Gasteiger partial charge < -0.3 is 15.0 Å². The number of anilines is 1. The molecule has 0 radical (unpaired) electrons. The second-order valence-corrected chi connectivity index (χ2v) is 6.03. The molecule has 3 rings (SSSR count). The van der Waals surface area contributed by atoms with E-state index in [4.69, 9.17) is 4.74 Å². The van der Waals surface area contributed by atoms with E-state index in [1.165, 1.54) is 17.0 Å². The highest BCUT2D eigenvalue weighted by Crippen LogP contribution is 2.31. The first-order valence-corrected chi connectivity index (χ1v) is 8.29. The van der Waals surface area contributed by atoms with Crippen molar-refractivity contribution in [2.24, 2.45) is 0 Å². The van der Waals surface area contributed by atoms with E-state index in [0.717, 1.165) is 12.1 Å². The molecule has 0 atom stereocenters. The normalized spacial score (nSPS) is 13.7. The number of carbonyl (C=O) groups excluding carboxylic acids is 2. The molecule has 0 aromatic heterocycles. The molecule has 2 amide bonds. The van der Waals surface area contributed by atoms with Gasteiger partial charge in [0, 0.05) is 19.5 Å². The fraction of sp³-hybridized carbons (Fsp3) is 0.263. The van der Waals surface area contributed by atoms with Crippen molar-refractivity contribution in [2.45, 2.75) is 19.1 Å². The minimum atomic E-state index is -4.43. The molecule has 0 unspecified atom stereocenters. The highest BCUT2D eigenvalue weighted by molar-refractivity contribution is 5.98. The number of fused-ring (bicyclic) bond motifs is 1. The van der Waals surface area contributed by atoms with E-state index >= 15 is 0 Å². The summed E-state index contributed by atoms with van der Waals surface area (Å²) in [6, 6.07) is 11.8. The van der Waals surface area contributed by atoms with Gasteiger partial charge in [-0.2, -0.15) is 13.2 Å². The second kappa shape index (κ2) is 7.69. The van der Waals surface area contributed by atoms with Crippen molar-refractivity contribution < 1.29 is 27.5 Å². The lowest BCUT2D eigenvalue weighted by atomic mass is 10.1. The number of nitrogens with zero attached hydrogens (tertiary/aromatic N) is 1. The number of benzene rings is 2. The average molecular weight is 378 g/mol. The van der Waals surface area contributed by atoms with Crippen LogP contribution in [-0.2, 0) is 22.3 Å². The number of ether oxygens (including phenoxy) is 1. The monoisotopic (exact) mass is 378 g/mol. The largest absolute Gasteiger partial charge is 0.482 e. The molecule has 0 aliphatic carbocycles. The van der Waals surface area contributed by atoms with Crippen LogP contribution < -0.4 is 15.0 Å². The predicted octanol–water partition coefficient (Wildman–Crippen LogP) is 3.14. The molecule has 0 saturated heterocycles. The van der Waals surface area contributed by atoms with Crippen LogP contribution in [0.2, 0.25) is 0 Å². The summed E-state index contributed by atoms with van der Waals surface area (Å²) in [7, 11) is 0. The molecule has 1 N–H and O–H groups in total. The predicted molar refractivity (Wildman–Crippen MR) is 92.2 cm³/mol. The summed E-state index contributed by atoms with van der Waals surface area (Å²) in [6.45, 7) is 0.0485. The summed E-state index contributed by atoms with van der Waals surface area (Å²) in [5.41, 5.74) is 0.190. The molecule has 0 fully saturated rings. The number of halogens is 3. The zero-order valence-corrected chi connectivity index (χ0v) is 14.3. The van der Waals surface area contributed by atoms with Crippen LogP contribution in [0, 0.1) is 0 Å². The molecule has 2 aromatic carbocycles. The van der Waals surface area contributed by atoms with Crippen molar-refractivity contribution in [1.82, 2.24) is 5.32 Å². The van der Waals surface area contributed by atoms with Crippen LogP contribution in [-0.4, -0.2) is 25.0 Å². The Morgan fingerprint density at radius 2 is 1.93 bits per heavy atom. The molecule has 1 aliphatic rings. The Hall–Kier alpha value is -3.03. The Kier molecular flexibility index (Phi) is 5.34. The molecule has 0 bridgehead atoms. The highest BCUT2D eigenvalue weighted by atomic mass is 19.4. The maximum Gasteiger partial charge on any atom is 0.416 e. The summed E-state index contributed by atoms with van der Waals surface area (Å²) in [6.07, 6.45) is -4.40. The van der Waals surface area contributed by atoms with Crippen molar-refractivity contribution >= 4 is 17.5 Å². The van der Waals surface area contributed by atoms with Crippen molar-refractivity contribution in [3.63, 3.8) is 0 Å². The standard InChI is InChI=1S/C19H17F3N2O3/c20-19(21,22)14-5-3-4-13(10-14)11-23-17(25)8-9-24-15-6-1-2-7-16(15)27-12-18(24)26/h1-7,10H,8-9,11-12H2,(H,23,25). The summed E-state index contributed by atoms with van der Waals surface area (Å²) in [4.78, 5) is 25.6. The Balaban J connectivity index is 1.56. The van der Waals surface area contributed by atoms with Gasteiger partial charge in [-0.05, 0) is 29.8 Å². The SMILES string of the molecule is O=C(CCN1C(=O)COc2ccccc21)NCc1cccc(C(F)(F)F)c1. The van der Waals surface area contributed by atoms with Gasteiger partial charge in [0.15, 0.2) is 6.61 Å². The van der Waals surface area contributed by atoms with E-state index in [1.807, 2.05) is 0 Å². The number of hydrogen-bond acceptors (Lipinski definition) is 3.